The number of halogens is 1. The molecule has 4 heteroatoms. The highest BCUT2D eigenvalue weighted by Gasteiger charge is 2.20. The van der Waals surface area contributed by atoms with E-state index in [1.165, 1.54) is 0 Å². The van der Waals surface area contributed by atoms with Gasteiger partial charge < -0.3 is 4.90 Å². The standard InChI is InChI=1S/C16H14ClNO2/c1-18(2)12-9-7-11(8-10-12)15(19)16(20)13-5-3-4-6-14(13)17/h3-10H,1-2H3. The van der Waals surface area contributed by atoms with Crippen LogP contribution in [-0.4, -0.2) is 25.7 Å². The van der Waals surface area contributed by atoms with Crippen LogP contribution in [0.2, 0.25) is 5.02 Å². The lowest BCUT2D eigenvalue weighted by Crippen LogP contribution is -2.15. The summed E-state index contributed by atoms with van der Waals surface area (Å²) in [5.41, 5.74) is 1.56. The van der Waals surface area contributed by atoms with Gasteiger partial charge in [0, 0.05) is 30.9 Å². The van der Waals surface area contributed by atoms with Gasteiger partial charge in [-0.2, -0.15) is 0 Å². The molecule has 0 atom stereocenters. The number of nitrogens with zero attached hydrogens (tertiary/aromatic N) is 1. The molecule has 0 heterocycles. The van der Waals surface area contributed by atoms with Crippen molar-refractivity contribution in [1.82, 2.24) is 0 Å². The van der Waals surface area contributed by atoms with Crippen molar-refractivity contribution in [3.05, 3.63) is 64.7 Å². The van der Waals surface area contributed by atoms with Crippen molar-refractivity contribution in [2.45, 2.75) is 0 Å². The molecule has 0 bridgehead atoms. The van der Waals surface area contributed by atoms with Gasteiger partial charge in [0.1, 0.15) is 0 Å². The molecule has 3 nitrogen and oxygen atoms in total. The predicted octanol–water partition coefficient (Wildman–Crippen LogP) is 3.47. The van der Waals surface area contributed by atoms with Gasteiger partial charge in [-0.1, -0.05) is 23.7 Å². The van der Waals surface area contributed by atoms with E-state index in [2.05, 4.69) is 0 Å². The molecular formula is C16H14ClNO2. The minimum absolute atomic E-state index is 0.232. The van der Waals surface area contributed by atoms with Crippen LogP contribution in [0.3, 0.4) is 0 Å². The van der Waals surface area contributed by atoms with Gasteiger partial charge in [0.2, 0.25) is 11.6 Å². The molecule has 0 aliphatic rings. The van der Waals surface area contributed by atoms with Crippen LogP contribution in [0.4, 0.5) is 5.69 Å². The normalized spacial score (nSPS) is 10.2. The van der Waals surface area contributed by atoms with Gasteiger partial charge in [-0.25, -0.2) is 0 Å². The van der Waals surface area contributed by atoms with Crippen molar-refractivity contribution >= 4 is 28.9 Å². The average Bonchev–Trinajstić information content (AvgIpc) is 2.46. The Morgan fingerprint density at radius 3 is 2.05 bits per heavy atom. The number of hydrogen-bond donors (Lipinski definition) is 0. The van der Waals surface area contributed by atoms with E-state index in [4.69, 9.17) is 11.6 Å². The summed E-state index contributed by atoms with van der Waals surface area (Å²) >= 11 is 5.94. The smallest absolute Gasteiger partial charge is 0.235 e. The highest BCUT2D eigenvalue weighted by Crippen LogP contribution is 2.19. The first-order valence-corrected chi connectivity index (χ1v) is 6.49. The van der Waals surface area contributed by atoms with Gasteiger partial charge in [0.15, 0.2) is 0 Å². The van der Waals surface area contributed by atoms with Crippen molar-refractivity contribution in [1.29, 1.82) is 0 Å². The third-order valence-electron chi connectivity index (χ3n) is 2.97. The maximum absolute atomic E-state index is 12.2. The summed E-state index contributed by atoms with van der Waals surface area (Å²) < 4.78 is 0. The van der Waals surface area contributed by atoms with Crippen LogP contribution in [0, 0.1) is 0 Å². The average molecular weight is 288 g/mol. The lowest BCUT2D eigenvalue weighted by molar-refractivity contribution is 0.0817. The van der Waals surface area contributed by atoms with Crippen LogP contribution < -0.4 is 4.90 Å². The fraction of sp³-hybridized carbons (Fsp3) is 0.125. The number of carbonyl (C=O) groups is 2. The summed E-state index contributed by atoms with van der Waals surface area (Å²) in [6.07, 6.45) is 0. The van der Waals surface area contributed by atoms with Gasteiger partial charge in [0.05, 0.1) is 5.02 Å². The van der Waals surface area contributed by atoms with Gasteiger partial charge >= 0.3 is 0 Å². The fourth-order valence-corrected chi connectivity index (χ4v) is 2.03. The lowest BCUT2D eigenvalue weighted by atomic mass is 10.0. The second kappa shape index (κ2) is 5.88. The van der Waals surface area contributed by atoms with E-state index in [0.29, 0.717) is 5.56 Å². The minimum Gasteiger partial charge on any atom is -0.378 e. The summed E-state index contributed by atoms with van der Waals surface area (Å²) in [6, 6.07) is 13.4. The summed E-state index contributed by atoms with van der Waals surface area (Å²) in [4.78, 5) is 26.2. The Kier molecular flexibility index (Phi) is 4.20. The van der Waals surface area contributed by atoms with E-state index in [-0.39, 0.29) is 10.6 Å². The molecule has 0 N–H and O–H groups in total. The van der Waals surface area contributed by atoms with E-state index in [9.17, 15) is 9.59 Å². The molecular weight excluding hydrogens is 274 g/mol. The monoisotopic (exact) mass is 287 g/mol. The Bertz CT molecular complexity index is 648. The SMILES string of the molecule is CN(C)c1ccc(C(=O)C(=O)c2ccccc2Cl)cc1. The Balaban J connectivity index is 2.27. The van der Waals surface area contributed by atoms with E-state index in [0.717, 1.165) is 5.69 Å². The molecule has 0 spiro atoms. The first kappa shape index (κ1) is 14.3. The molecule has 0 fully saturated rings. The van der Waals surface area contributed by atoms with E-state index < -0.39 is 11.6 Å². The summed E-state index contributed by atoms with van der Waals surface area (Å²) in [7, 11) is 3.82. The number of carbonyl (C=O) groups excluding carboxylic acids is 2. The number of hydrogen-bond acceptors (Lipinski definition) is 3. The molecule has 2 rings (SSSR count). The second-order valence-electron chi connectivity index (χ2n) is 4.58. The number of rotatable bonds is 4. The minimum atomic E-state index is -0.590. The number of benzene rings is 2. The van der Waals surface area contributed by atoms with Crippen molar-refractivity contribution in [3.8, 4) is 0 Å². The summed E-state index contributed by atoms with van der Waals surface area (Å²) in [5.74, 6) is -1.14. The quantitative estimate of drug-likeness (QED) is 0.638. The van der Waals surface area contributed by atoms with Crippen molar-refractivity contribution in [2.75, 3.05) is 19.0 Å². The van der Waals surface area contributed by atoms with Gasteiger partial charge in [0.25, 0.3) is 0 Å². The molecule has 0 amide bonds. The molecule has 20 heavy (non-hydrogen) atoms. The molecule has 0 radical (unpaired) electrons. The van der Waals surface area contributed by atoms with E-state index in [1.54, 1.807) is 48.5 Å². The third-order valence-corrected chi connectivity index (χ3v) is 3.30. The Hall–Kier alpha value is -2.13. The molecule has 0 aliphatic carbocycles. The molecule has 0 aliphatic heterocycles. The first-order chi connectivity index (χ1) is 9.50. The zero-order chi connectivity index (χ0) is 14.7. The number of Topliss-reactive ketones (excluding diaryl/α,β-unsaturated/α-hetero) is 2. The van der Waals surface area contributed by atoms with Gasteiger partial charge in [-0.15, -0.1) is 0 Å². The first-order valence-electron chi connectivity index (χ1n) is 6.11. The zero-order valence-electron chi connectivity index (χ0n) is 11.3. The fourth-order valence-electron chi connectivity index (χ4n) is 1.81. The Morgan fingerprint density at radius 2 is 1.50 bits per heavy atom. The van der Waals surface area contributed by atoms with E-state index in [1.807, 2.05) is 19.0 Å². The topological polar surface area (TPSA) is 37.4 Å². The van der Waals surface area contributed by atoms with Gasteiger partial charge in [-0.05, 0) is 36.4 Å². The van der Waals surface area contributed by atoms with E-state index >= 15 is 0 Å². The van der Waals surface area contributed by atoms with Gasteiger partial charge in [-0.3, -0.25) is 9.59 Å². The maximum Gasteiger partial charge on any atom is 0.235 e. The van der Waals surface area contributed by atoms with Crippen LogP contribution in [0.1, 0.15) is 20.7 Å². The molecule has 2 aromatic carbocycles. The largest absolute Gasteiger partial charge is 0.378 e. The van der Waals surface area contributed by atoms with Crippen LogP contribution >= 0.6 is 11.6 Å². The molecule has 2 aromatic rings. The number of ketones is 2. The van der Waals surface area contributed by atoms with Crippen LogP contribution in [0.25, 0.3) is 0 Å². The number of anilines is 1. The van der Waals surface area contributed by atoms with Crippen LogP contribution in [0.5, 0.6) is 0 Å². The zero-order valence-corrected chi connectivity index (χ0v) is 12.0. The molecule has 0 unspecified atom stereocenters. The van der Waals surface area contributed by atoms with Crippen LogP contribution in [0.15, 0.2) is 48.5 Å². The highest BCUT2D eigenvalue weighted by atomic mass is 35.5. The predicted molar refractivity (Wildman–Crippen MR) is 80.9 cm³/mol. The van der Waals surface area contributed by atoms with Crippen LogP contribution in [-0.2, 0) is 0 Å². The highest BCUT2D eigenvalue weighted by molar-refractivity contribution is 6.51. The Morgan fingerprint density at radius 1 is 0.900 bits per heavy atom. The third kappa shape index (κ3) is 2.89. The van der Waals surface area contributed by atoms with Crippen molar-refractivity contribution < 1.29 is 9.59 Å². The molecule has 0 saturated carbocycles. The summed E-state index contributed by atoms with van der Waals surface area (Å²) in [6.45, 7) is 0. The molecule has 0 saturated heterocycles. The molecule has 102 valence electrons. The maximum atomic E-state index is 12.2. The van der Waals surface area contributed by atoms with Crippen molar-refractivity contribution in [3.63, 3.8) is 0 Å². The summed E-state index contributed by atoms with van der Waals surface area (Å²) in [5, 5.41) is 0.288. The van der Waals surface area contributed by atoms with Crippen molar-refractivity contribution in [2.24, 2.45) is 0 Å². The Labute approximate surface area is 122 Å². The molecule has 0 aromatic heterocycles. The second-order valence-corrected chi connectivity index (χ2v) is 4.99. The lowest BCUT2D eigenvalue weighted by Gasteiger charge is -2.12.